The number of fused-ring (bicyclic) bond motifs is 3. The van der Waals surface area contributed by atoms with Gasteiger partial charge in [0.05, 0.1) is 0 Å². The Bertz CT molecular complexity index is 1320. The fourth-order valence-electron chi connectivity index (χ4n) is 4.12. The van der Waals surface area contributed by atoms with E-state index in [1.54, 1.807) is 0 Å². The Hall–Kier alpha value is -3.06. The quantitative estimate of drug-likeness (QED) is 0.201. The van der Waals surface area contributed by atoms with E-state index < -0.39 is 46.1 Å². The van der Waals surface area contributed by atoms with Gasteiger partial charge in [-0.2, -0.15) is 0 Å². The van der Waals surface area contributed by atoms with Crippen LogP contribution >= 0.6 is 0 Å². The van der Waals surface area contributed by atoms with Crippen molar-refractivity contribution < 1.29 is 54.6 Å². The molecule has 0 aromatic heterocycles. The van der Waals surface area contributed by atoms with Crippen LogP contribution in [0.2, 0.25) is 0 Å². The van der Waals surface area contributed by atoms with Gasteiger partial charge in [0.1, 0.15) is 0 Å². The monoisotopic (exact) mass is 577 g/mol. The van der Waals surface area contributed by atoms with Crippen molar-refractivity contribution in [3.63, 3.8) is 0 Å². The molecule has 0 spiro atoms. The number of hydrogen-bond acceptors (Lipinski definition) is 2. The van der Waals surface area contributed by atoms with Gasteiger partial charge in [0.25, 0.3) is 0 Å². The average Bonchev–Trinajstić information content (AvgIpc) is 3.22. The standard InChI is InChI=1S/C13H9.2C7H5F3O.Zr/c1-3-7-12-10(5-1)9-11-6-2-4-8-13(11)12;2*8-7(9,10)5-1-3-6(11)4-2-5;/h1-5,7-8H,9H2;2*1-4,11H;/q;;;+2/p-2. The molecule has 0 heterocycles. The second kappa shape index (κ2) is 9.43. The van der Waals surface area contributed by atoms with Crippen LogP contribution in [0.1, 0.15) is 22.3 Å². The molecule has 9 heteroatoms. The van der Waals surface area contributed by atoms with Gasteiger partial charge in [-0.05, 0) is 0 Å². The van der Waals surface area contributed by atoms with Gasteiger partial charge >= 0.3 is 213 Å². The average molecular weight is 579 g/mol. The third-order valence-corrected chi connectivity index (χ3v) is 10.2. The van der Waals surface area contributed by atoms with Crippen LogP contribution in [0.15, 0.2) is 91.0 Å². The molecule has 0 bridgehead atoms. The van der Waals surface area contributed by atoms with E-state index in [1.165, 1.54) is 24.3 Å². The summed E-state index contributed by atoms with van der Waals surface area (Å²) in [5, 5.41) is 0. The first kappa shape index (κ1) is 24.6. The second-order valence-electron chi connectivity index (χ2n) is 8.20. The fraction of sp³-hybridized carbons (Fsp3) is 0.111. The van der Waals surface area contributed by atoms with E-state index in [-0.39, 0.29) is 11.5 Å². The van der Waals surface area contributed by atoms with Gasteiger partial charge in [0.15, 0.2) is 0 Å². The zero-order valence-corrected chi connectivity index (χ0v) is 20.9. The summed E-state index contributed by atoms with van der Waals surface area (Å²) in [5.41, 5.74) is 2.63. The Kier molecular flexibility index (Phi) is 6.45. The molecule has 0 amide bonds. The minimum absolute atomic E-state index is 0.206. The van der Waals surface area contributed by atoms with Gasteiger partial charge in [0, 0.05) is 0 Å². The maximum absolute atomic E-state index is 13.0. The molecule has 1 aliphatic rings. The van der Waals surface area contributed by atoms with Gasteiger partial charge in [-0.3, -0.25) is 0 Å². The fourth-order valence-corrected chi connectivity index (χ4v) is 8.21. The second-order valence-corrected chi connectivity index (χ2v) is 11.9. The topological polar surface area (TPSA) is 18.5 Å². The van der Waals surface area contributed by atoms with Crippen molar-refractivity contribution in [3.8, 4) is 22.6 Å². The number of halogens is 6. The van der Waals surface area contributed by atoms with Crippen LogP contribution in [-0.4, -0.2) is 0 Å². The van der Waals surface area contributed by atoms with Crippen LogP contribution in [0, 0.1) is 0 Å². The summed E-state index contributed by atoms with van der Waals surface area (Å²) in [7, 11) is 0. The van der Waals surface area contributed by atoms with Crippen molar-refractivity contribution >= 4 is 3.27 Å². The van der Waals surface area contributed by atoms with Crippen LogP contribution in [0.4, 0.5) is 26.3 Å². The van der Waals surface area contributed by atoms with Crippen LogP contribution < -0.4 is 8.90 Å². The summed E-state index contributed by atoms with van der Waals surface area (Å²) in [5.74, 6) is 0.412. The summed E-state index contributed by atoms with van der Waals surface area (Å²) < 4.78 is 91.2. The molecule has 0 saturated heterocycles. The Balaban J connectivity index is 1.51. The first-order valence-electron chi connectivity index (χ1n) is 10.9. The molecule has 0 aliphatic heterocycles. The summed E-state index contributed by atoms with van der Waals surface area (Å²) >= 11 is -3.64. The van der Waals surface area contributed by atoms with E-state index in [0.29, 0.717) is 6.42 Å². The van der Waals surface area contributed by atoms with Crippen LogP contribution in [0.5, 0.6) is 11.5 Å². The van der Waals surface area contributed by atoms with Crippen molar-refractivity contribution in [2.75, 3.05) is 0 Å². The Morgan fingerprint density at radius 1 is 0.556 bits per heavy atom. The third kappa shape index (κ3) is 5.07. The number of hydrogen-bond donors (Lipinski definition) is 0. The molecule has 4 aromatic rings. The van der Waals surface area contributed by atoms with Crippen molar-refractivity contribution in [2.24, 2.45) is 0 Å². The Labute approximate surface area is 212 Å². The minimum atomic E-state index is -4.48. The summed E-state index contributed by atoms with van der Waals surface area (Å²) in [6, 6.07) is 22.3. The van der Waals surface area contributed by atoms with Crippen LogP contribution in [0.3, 0.4) is 0 Å². The van der Waals surface area contributed by atoms with E-state index in [0.717, 1.165) is 49.8 Å². The molecule has 0 radical (unpaired) electrons. The third-order valence-electron chi connectivity index (χ3n) is 5.86. The molecule has 0 N–H and O–H groups in total. The van der Waals surface area contributed by atoms with Crippen LogP contribution in [0.25, 0.3) is 11.1 Å². The van der Waals surface area contributed by atoms with Crippen molar-refractivity contribution in [1.82, 2.24) is 0 Å². The zero-order chi connectivity index (χ0) is 25.5. The van der Waals surface area contributed by atoms with Gasteiger partial charge < -0.3 is 0 Å². The molecule has 4 aromatic carbocycles. The first-order valence-corrected chi connectivity index (χ1v) is 14.1. The summed E-state index contributed by atoms with van der Waals surface area (Å²) in [4.78, 5) is 0. The number of alkyl halides is 6. The van der Waals surface area contributed by atoms with E-state index in [1.807, 2.05) is 42.5 Å². The molecule has 0 unspecified atom stereocenters. The number of rotatable bonds is 5. The predicted octanol–water partition coefficient (Wildman–Crippen LogP) is 7.53. The molecule has 5 rings (SSSR count). The molecule has 2 nitrogen and oxygen atoms in total. The Morgan fingerprint density at radius 2 is 1.06 bits per heavy atom. The van der Waals surface area contributed by atoms with E-state index in [4.69, 9.17) is 5.63 Å². The summed E-state index contributed by atoms with van der Waals surface area (Å²) in [6.07, 6.45) is -8.33. The SMILES string of the molecule is FC(F)(F)c1ccc([O][Zr]([O]c2ccc(C(F)(F)F)cc2)[c]2cccc3c2Cc2ccccc2-3)cc1. The molecule has 0 saturated carbocycles. The predicted molar refractivity (Wildman–Crippen MR) is 118 cm³/mol. The van der Waals surface area contributed by atoms with Gasteiger partial charge in [0.2, 0.25) is 0 Å². The van der Waals surface area contributed by atoms with E-state index in [2.05, 4.69) is 0 Å². The Morgan fingerprint density at radius 3 is 1.58 bits per heavy atom. The summed E-state index contributed by atoms with van der Waals surface area (Å²) in [6.45, 7) is 0. The van der Waals surface area contributed by atoms with Crippen molar-refractivity contribution in [2.45, 2.75) is 18.8 Å². The van der Waals surface area contributed by atoms with Crippen molar-refractivity contribution in [1.29, 1.82) is 0 Å². The molecule has 183 valence electrons. The van der Waals surface area contributed by atoms with Gasteiger partial charge in [-0.1, -0.05) is 0 Å². The van der Waals surface area contributed by atoms with E-state index >= 15 is 0 Å². The molecular formula is C27H17F6O2Zr. The molecular weight excluding hydrogens is 562 g/mol. The molecule has 0 atom stereocenters. The van der Waals surface area contributed by atoms with Gasteiger partial charge in [-0.15, -0.1) is 0 Å². The van der Waals surface area contributed by atoms with Crippen molar-refractivity contribution in [3.05, 3.63) is 113 Å². The maximum atomic E-state index is 13.0. The van der Waals surface area contributed by atoms with Crippen LogP contribution in [-0.2, 0) is 41.4 Å². The van der Waals surface area contributed by atoms with Gasteiger partial charge in [-0.25, -0.2) is 0 Å². The van der Waals surface area contributed by atoms with E-state index in [9.17, 15) is 26.3 Å². The normalized spacial score (nSPS) is 12.6. The zero-order valence-electron chi connectivity index (χ0n) is 18.5. The molecule has 1 aliphatic carbocycles. The molecule has 0 fully saturated rings. The molecule has 36 heavy (non-hydrogen) atoms. The number of benzene rings is 4. The first-order chi connectivity index (χ1) is 17.1.